The Morgan fingerprint density at radius 2 is 1.73 bits per heavy atom. The zero-order valence-corrected chi connectivity index (χ0v) is 8.57. The highest BCUT2D eigenvalue weighted by Gasteiger charge is 2.14. The Kier molecular flexibility index (Phi) is 2.47. The highest BCUT2D eigenvalue weighted by molar-refractivity contribution is 7.92. The zero-order chi connectivity index (χ0) is 10.7. The molecule has 1 aromatic heterocycles. The van der Waals surface area contributed by atoms with Crippen molar-refractivity contribution >= 4 is 15.9 Å². The molecule has 4 nitrogen and oxygen atoms in total. The second kappa shape index (κ2) is 3.78. The minimum Gasteiger partial charge on any atom is -0.448 e. The fourth-order valence-electron chi connectivity index (χ4n) is 1.13. The maximum absolute atomic E-state index is 11.7. The largest absolute Gasteiger partial charge is 0.448 e. The number of sulfonamides is 1. The van der Waals surface area contributed by atoms with Crippen LogP contribution in [0.2, 0.25) is 0 Å². The van der Waals surface area contributed by atoms with Gasteiger partial charge in [-0.1, -0.05) is 18.2 Å². The Balaban J connectivity index is 2.29. The van der Waals surface area contributed by atoms with Crippen molar-refractivity contribution in [3.8, 4) is 0 Å². The summed E-state index contributed by atoms with van der Waals surface area (Å²) in [6.07, 6.45) is 1.41. The number of benzene rings is 1. The monoisotopic (exact) mass is 223 g/mol. The van der Waals surface area contributed by atoms with Gasteiger partial charge in [0.25, 0.3) is 10.0 Å². The average molecular weight is 223 g/mol. The van der Waals surface area contributed by atoms with Crippen molar-refractivity contribution in [1.29, 1.82) is 0 Å². The van der Waals surface area contributed by atoms with Gasteiger partial charge in [0.2, 0.25) is 5.88 Å². The van der Waals surface area contributed by atoms with Gasteiger partial charge in [-0.25, -0.2) is 13.1 Å². The van der Waals surface area contributed by atoms with Crippen LogP contribution in [-0.2, 0) is 10.0 Å². The standard InChI is InChI=1S/C10H9NO3S/c12-15(13,9-5-2-1-3-6-9)11-10-7-4-8-14-10/h1-8,11H. The summed E-state index contributed by atoms with van der Waals surface area (Å²) < 4.78 is 30.7. The topological polar surface area (TPSA) is 59.3 Å². The second-order valence-corrected chi connectivity index (χ2v) is 4.58. The van der Waals surface area contributed by atoms with E-state index in [1.807, 2.05) is 0 Å². The predicted molar refractivity (Wildman–Crippen MR) is 56.0 cm³/mol. The average Bonchev–Trinajstić information content (AvgIpc) is 2.71. The van der Waals surface area contributed by atoms with Gasteiger partial charge < -0.3 is 4.42 Å². The van der Waals surface area contributed by atoms with E-state index in [4.69, 9.17) is 4.42 Å². The van der Waals surface area contributed by atoms with Crippen molar-refractivity contribution in [3.05, 3.63) is 48.7 Å². The minimum absolute atomic E-state index is 0.207. The molecule has 0 amide bonds. The molecule has 0 aliphatic heterocycles. The summed E-state index contributed by atoms with van der Waals surface area (Å²) in [4.78, 5) is 0.210. The van der Waals surface area contributed by atoms with Gasteiger partial charge in [0.05, 0.1) is 11.2 Å². The molecule has 0 saturated carbocycles. The first-order valence-electron chi connectivity index (χ1n) is 4.30. The lowest BCUT2D eigenvalue weighted by atomic mass is 10.4. The van der Waals surface area contributed by atoms with E-state index in [-0.39, 0.29) is 10.8 Å². The molecule has 0 aliphatic rings. The van der Waals surface area contributed by atoms with E-state index < -0.39 is 10.0 Å². The molecule has 0 spiro atoms. The van der Waals surface area contributed by atoms with Crippen LogP contribution in [0.3, 0.4) is 0 Å². The zero-order valence-electron chi connectivity index (χ0n) is 7.75. The van der Waals surface area contributed by atoms with Crippen LogP contribution in [0.15, 0.2) is 58.0 Å². The normalized spacial score (nSPS) is 11.2. The fourth-order valence-corrected chi connectivity index (χ4v) is 2.14. The van der Waals surface area contributed by atoms with Crippen molar-refractivity contribution in [2.75, 3.05) is 4.72 Å². The Bertz CT molecular complexity index is 517. The third-order valence-electron chi connectivity index (χ3n) is 1.81. The summed E-state index contributed by atoms with van der Waals surface area (Å²) in [7, 11) is -3.53. The molecule has 0 unspecified atom stereocenters. The van der Waals surface area contributed by atoms with Crippen LogP contribution in [-0.4, -0.2) is 8.42 Å². The molecular weight excluding hydrogens is 214 g/mol. The van der Waals surface area contributed by atoms with Crippen LogP contribution in [0, 0.1) is 0 Å². The quantitative estimate of drug-likeness (QED) is 0.866. The van der Waals surface area contributed by atoms with E-state index >= 15 is 0 Å². The number of anilines is 1. The molecule has 0 bridgehead atoms. The van der Waals surface area contributed by atoms with E-state index in [0.29, 0.717) is 0 Å². The molecule has 5 heteroatoms. The van der Waals surface area contributed by atoms with Gasteiger partial charge in [-0.05, 0) is 18.2 Å². The lowest BCUT2D eigenvalue weighted by Crippen LogP contribution is -2.11. The third kappa shape index (κ3) is 2.19. The lowest BCUT2D eigenvalue weighted by molar-refractivity contribution is 0.576. The maximum Gasteiger partial charge on any atom is 0.264 e. The summed E-state index contributed by atoms with van der Waals surface area (Å²) in [5.41, 5.74) is 0. The van der Waals surface area contributed by atoms with Crippen molar-refractivity contribution in [1.82, 2.24) is 0 Å². The fraction of sp³-hybridized carbons (Fsp3) is 0. The SMILES string of the molecule is O=S(=O)(Nc1ccco1)c1ccccc1. The Labute approximate surface area is 87.6 Å². The molecule has 78 valence electrons. The number of rotatable bonds is 3. The summed E-state index contributed by atoms with van der Waals surface area (Å²) >= 11 is 0. The van der Waals surface area contributed by atoms with E-state index in [0.717, 1.165) is 0 Å². The van der Waals surface area contributed by atoms with Crippen LogP contribution < -0.4 is 4.72 Å². The highest BCUT2D eigenvalue weighted by Crippen LogP contribution is 2.15. The van der Waals surface area contributed by atoms with Crippen molar-refractivity contribution in [3.63, 3.8) is 0 Å². The van der Waals surface area contributed by atoms with E-state index in [1.54, 1.807) is 30.3 Å². The first kappa shape index (κ1) is 9.79. The molecule has 0 saturated heterocycles. The van der Waals surface area contributed by atoms with E-state index in [1.165, 1.54) is 18.4 Å². The minimum atomic E-state index is -3.53. The van der Waals surface area contributed by atoms with Crippen LogP contribution in [0.5, 0.6) is 0 Å². The number of hydrogen-bond donors (Lipinski definition) is 1. The first-order valence-corrected chi connectivity index (χ1v) is 5.78. The summed E-state index contributed by atoms with van der Waals surface area (Å²) in [5.74, 6) is 0.207. The summed E-state index contributed by atoms with van der Waals surface area (Å²) in [6.45, 7) is 0. The maximum atomic E-state index is 11.7. The van der Waals surface area contributed by atoms with Gasteiger partial charge in [0.15, 0.2) is 0 Å². The van der Waals surface area contributed by atoms with Crippen LogP contribution >= 0.6 is 0 Å². The molecule has 0 atom stereocenters. The second-order valence-electron chi connectivity index (χ2n) is 2.90. The molecule has 15 heavy (non-hydrogen) atoms. The van der Waals surface area contributed by atoms with Crippen molar-refractivity contribution in [2.24, 2.45) is 0 Å². The molecular formula is C10H9NO3S. The van der Waals surface area contributed by atoms with Crippen LogP contribution in [0.4, 0.5) is 5.88 Å². The number of hydrogen-bond acceptors (Lipinski definition) is 3. The van der Waals surface area contributed by atoms with Gasteiger partial charge in [-0.15, -0.1) is 0 Å². The van der Waals surface area contributed by atoms with Gasteiger partial charge >= 0.3 is 0 Å². The molecule has 1 aromatic carbocycles. The number of furan rings is 1. The van der Waals surface area contributed by atoms with E-state index in [9.17, 15) is 8.42 Å². The van der Waals surface area contributed by atoms with E-state index in [2.05, 4.69) is 4.72 Å². The van der Waals surface area contributed by atoms with Crippen LogP contribution in [0.25, 0.3) is 0 Å². The third-order valence-corrected chi connectivity index (χ3v) is 3.17. The lowest BCUT2D eigenvalue weighted by Gasteiger charge is -2.04. The Hall–Kier alpha value is -1.75. The predicted octanol–water partition coefficient (Wildman–Crippen LogP) is 2.08. The number of nitrogens with one attached hydrogen (secondary N) is 1. The van der Waals surface area contributed by atoms with Gasteiger partial charge in [0, 0.05) is 6.07 Å². The van der Waals surface area contributed by atoms with Crippen molar-refractivity contribution in [2.45, 2.75) is 4.90 Å². The van der Waals surface area contributed by atoms with Gasteiger partial charge in [-0.3, -0.25) is 0 Å². The Morgan fingerprint density at radius 1 is 1.00 bits per heavy atom. The smallest absolute Gasteiger partial charge is 0.264 e. The molecule has 1 N–H and O–H groups in total. The molecule has 2 rings (SSSR count). The summed E-state index contributed by atoms with van der Waals surface area (Å²) in [6, 6.07) is 11.3. The molecule has 0 radical (unpaired) electrons. The summed E-state index contributed by atoms with van der Waals surface area (Å²) in [5, 5.41) is 0. The first-order chi connectivity index (χ1) is 7.18. The van der Waals surface area contributed by atoms with Crippen molar-refractivity contribution < 1.29 is 12.8 Å². The highest BCUT2D eigenvalue weighted by atomic mass is 32.2. The molecule has 1 heterocycles. The Morgan fingerprint density at radius 3 is 2.33 bits per heavy atom. The van der Waals surface area contributed by atoms with Gasteiger partial charge in [-0.2, -0.15) is 0 Å². The molecule has 0 fully saturated rings. The van der Waals surface area contributed by atoms with Crippen LogP contribution in [0.1, 0.15) is 0 Å². The molecule has 2 aromatic rings. The van der Waals surface area contributed by atoms with Gasteiger partial charge in [0.1, 0.15) is 0 Å². The molecule has 0 aliphatic carbocycles.